The van der Waals surface area contributed by atoms with Gasteiger partial charge in [0, 0.05) is 13.1 Å². The topological polar surface area (TPSA) is 24.7 Å². The van der Waals surface area contributed by atoms with Gasteiger partial charge in [-0.25, -0.2) is 0 Å². The lowest BCUT2D eigenvalue weighted by molar-refractivity contribution is 0.937. The first-order chi connectivity index (χ1) is 7.72. The third-order valence-electron chi connectivity index (χ3n) is 2.23. The van der Waals surface area contributed by atoms with Crippen LogP contribution in [-0.2, 0) is 0 Å². The first kappa shape index (κ1) is 16.0. The van der Waals surface area contributed by atoms with Crippen LogP contribution in [0.4, 0.5) is 0 Å². The van der Waals surface area contributed by atoms with E-state index in [0.29, 0.717) is 0 Å². The maximum absolute atomic E-state index is 4.53. The molecule has 0 radical (unpaired) electrons. The molecule has 0 aromatic heterocycles. The summed E-state index contributed by atoms with van der Waals surface area (Å²) < 4.78 is 0. The normalized spacial score (nSPS) is 13.2. The van der Waals surface area contributed by atoms with Gasteiger partial charge in [0.1, 0.15) is 0 Å². The maximum Gasteiger partial charge on any atom is 0.0524 e. The molecule has 0 bridgehead atoms. The van der Waals surface area contributed by atoms with Crippen molar-refractivity contribution >= 4 is 34.9 Å². The quantitative estimate of drug-likeness (QED) is 0.469. The molecule has 0 aliphatic rings. The molecule has 0 amide bonds. The summed E-state index contributed by atoms with van der Waals surface area (Å²) >= 11 is 3.76. The average molecular weight is 260 g/mol. The molecule has 0 aliphatic heterocycles. The van der Waals surface area contributed by atoms with Crippen LogP contribution in [0.15, 0.2) is 9.98 Å². The van der Waals surface area contributed by atoms with E-state index < -0.39 is 0 Å². The first-order valence-electron chi connectivity index (χ1n) is 5.72. The minimum absolute atomic E-state index is 0.935. The molecule has 0 unspecified atom stereocenters. The van der Waals surface area contributed by atoms with Crippen molar-refractivity contribution in [1.29, 1.82) is 0 Å². The number of aliphatic imine (C=N–C) groups is 2. The minimum Gasteiger partial charge on any atom is -0.288 e. The summed E-state index contributed by atoms with van der Waals surface area (Å²) in [7, 11) is 0. The van der Waals surface area contributed by atoms with Crippen LogP contribution in [0.2, 0.25) is 0 Å². The SMILES string of the molecule is CSCCCN=C(C)C(C)=NCCCSC. The van der Waals surface area contributed by atoms with Crippen molar-refractivity contribution < 1.29 is 0 Å². The van der Waals surface area contributed by atoms with Gasteiger partial charge < -0.3 is 0 Å². The van der Waals surface area contributed by atoms with Gasteiger partial charge in [-0.2, -0.15) is 23.5 Å². The summed E-state index contributed by atoms with van der Waals surface area (Å²) in [6.07, 6.45) is 6.60. The zero-order chi connectivity index (χ0) is 12.2. The third kappa shape index (κ3) is 9.28. The molecule has 0 spiro atoms. The Labute approximate surface area is 109 Å². The zero-order valence-corrected chi connectivity index (χ0v) is 12.6. The highest BCUT2D eigenvalue weighted by atomic mass is 32.2. The van der Waals surface area contributed by atoms with Gasteiger partial charge in [0.25, 0.3) is 0 Å². The lowest BCUT2D eigenvalue weighted by Crippen LogP contribution is -2.08. The summed E-state index contributed by atoms with van der Waals surface area (Å²) in [4.78, 5) is 9.06. The number of hydrogen-bond acceptors (Lipinski definition) is 4. The van der Waals surface area contributed by atoms with Gasteiger partial charge >= 0.3 is 0 Å². The Morgan fingerprint density at radius 3 is 1.50 bits per heavy atom. The van der Waals surface area contributed by atoms with Gasteiger partial charge in [0.15, 0.2) is 0 Å². The molecule has 0 heterocycles. The van der Waals surface area contributed by atoms with Crippen molar-refractivity contribution in [2.24, 2.45) is 9.98 Å². The molecule has 0 saturated heterocycles. The molecule has 0 aromatic rings. The molecule has 0 rings (SSSR count). The molecule has 16 heavy (non-hydrogen) atoms. The summed E-state index contributed by atoms with van der Waals surface area (Å²) in [6.45, 7) is 5.99. The van der Waals surface area contributed by atoms with E-state index in [1.54, 1.807) is 0 Å². The Morgan fingerprint density at radius 2 is 1.19 bits per heavy atom. The number of thioether (sulfide) groups is 2. The highest BCUT2D eigenvalue weighted by Crippen LogP contribution is 1.98. The van der Waals surface area contributed by atoms with Crippen LogP contribution < -0.4 is 0 Å². The van der Waals surface area contributed by atoms with E-state index in [0.717, 1.165) is 37.4 Å². The van der Waals surface area contributed by atoms with E-state index in [1.807, 2.05) is 23.5 Å². The number of rotatable bonds is 9. The van der Waals surface area contributed by atoms with Crippen LogP contribution in [0, 0.1) is 0 Å². The van der Waals surface area contributed by atoms with Gasteiger partial charge in [0.2, 0.25) is 0 Å². The molecule has 2 nitrogen and oxygen atoms in total. The highest BCUT2D eigenvalue weighted by Gasteiger charge is 1.95. The Balaban J connectivity index is 3.81. The number of hydrogen-bond donors (Lipinski definition) is 0. The van der Waals surface area contributed by atoms with Crippen LogP contribution in [-0.4, -0.2) is 48.5 Å². The molecule has 0 atom stereocenters. The molecule has 4 heteroatoms. The van der Waals surface area contributed by atoms with E-state index in [-0.39, 0.29) is 0 Å². The summed E-state index contributed by atoms with van der Waals surface area (Å²) in [5, 5.41) is 0. The van der Waals surface area contributed by atoms with Gasteiger partial charge in [-0.15, -0.1) is 0 Å². The second-order valence-corrected chi connectivity index (χ2v) is 5.60. The van der Waals surface area contributed by atoms with Gasteiger partial charge in [0.05, 0.1) is 11.4 Å². The maximum atomic E-state index is 4.53. The zero-order valence-electron chi connectivity index (χ0n) is 11.0. The average Bonchev–Trinajstić information content (AvgIpc) is 2.29. The standard InChI is InChI=1S/C12H24N2S2/c1-11(13-7-5-9-15-3)12(2)14-8-6-10-16-4/h5-10H2,1-4H3. The Hall–Kier alpha value is 0.0400. The molecule has 0 fully saturated rings. The first-order valence-corrected chi connectivity index (χ1v) is 8.51. The van der Waals surface area contributed by atoms with Crippen LogP contribution in [0.1, 0.15) is 26.7 Å². The Morgan fingerprint density at radius 1 is 0.812 bits per heavy atom. The third-order valence-corrected chi connectivity index (χ3v) is 3.63. The predicted molar refractivity (Wildman–Crippen MR) is 82.0 cm³/mol. The summed E-state index contributed by atoms with van der Waals surface area (Å²) in [5.41, 5.74) is 2.20. The van der Waals surface area contributed by atoms with Gasteiger partial charge in [-0.1, -0.05) is 0 Å². The van der Waals surface area contributed by atoms with Crippen molar-refractivity contribution in [1.82, 2.24) is 0 Å². The van der Waals surface area contributed by atoms with Crippen molar-refractivity contribution in [3.8, 4) is 0 Å². The van der Waals surface area contributed by atoms with Gasteiger partial charge in [-0.05, 0) is 50.7 Å². The second-order valence-electron chi connectivity index (χ2n) is 3.63. The monoisotopic (exact) mass is 260 g/mol. The largest absolute Gasteiger partial charge is 0.288 e. The molecule has 0 aromatic carbocycles. The van der Waals surface area contributed by atoms with E-state index in [9.17, 15) is 0 Å². The van der Waals surface area contributed by atoms with E-state index in [1.165, 1.54) is 11.5 Å². The van der Waals surface area contributed by atoms with Crippen molar-refractivity contribution in [2.75, 3.05) is 37.1 Å². The van der Waals surface area contributed by atoms with Crippen molar-refractivity contribution in [3.05, 3.63) is 0 Å². The lowest BCUT2D eigenvalue weighted by atomic mass is 10.3. The van der Waals surface area contributed by atoms with E-state index >= 15 is 0 Å². The molecular weight excluding hydrogens is 236 g/mol. The number of nitrogens with zero attached hydrogens (tertiary/aromatic N) is 2. The van der Waals surface area contributed by atoms with Gasteiger partial charge in [-0.3, -0.25) is 9.98 Å². The summed E-state index contributed by atoms with van der Waals surface area (Å²) in [5.74, 6) is 2.39. The van der Waals surface area contributed by atoms with Crippen LogP contribution in [0.5, 0.6) is 0 Å². The Kier molecular flexibility index (Phi) is 11.6. The van der Waals surface area contributed by atoms with E-state index in [2.05, 4.69) is 36.3 Å². The fraction of sp³-hybridized carbons (Fsp3) is 0.833. The lowest BCUT2D eigenvalue weighted by Gasteiger charge is -2.01. The summed E-state index contributed by atoms with van der Waals surface area (Å²) in [6, 6.07) is 0. The van der Waals surface area contributed by atoms with Crippen LogP contribution in [0.3, 0.4) is 0 Å². The minimum atomic E-state index is 0.935. The van der Waals surface area contributed by atoms with Crippen LogP contribution in [0.25, 0.3) is 0 Å². The Bertz CT molecular complexity index is 201. The smallest absolute Gasteiger partial charge is 0.0524 e. The molecule has 94 valence electrons. The van der Waals surface area contributed by atoms with E-state index in [4.69, 9.17) is 0 Å². The second kappa shape index (κ2) is 11.5. The molecule has 0 aliphatic carbocycles. The van der Waals surface area contributed by atoms with Crippen molar-refractivity contribution in [2.45, 2.75) is 26.7 Å². The fourth-order valence-electron chi connectivity index (χ4n) is 1.14. The predicted octanol–water partition coefficient (Wildman–Crippen LogP) is 3.41. The fourth-order valence-corrected chi connectivity index (χ4v) is 1.98. The molecule has 0 N–H and O–H groups in total. The van der Waals surface area contributed by atoms with Crippen molar-refractivity contribution in [3.63, 3.8) is 0 Å². The molecule has 0 saturated carbocycles. The molecular formula is C12H24N2S2. The highest BCUT2D eigenvalue weighted by molar-refractivity contribution is 7.98. The van der Waals surface area contributed by atoms with Crippen LogP contribution >= 0.6 is 23.5 Å².